The summed E-state index contributed by atoms with van der Waals surface area (Å²) in [4.78, 5) is 13.5. The first kappa shape index (κ1) is 15.8. The van der Waals surface area contributed by atoms with Gasteiger partial charge in [-0.05, 0) is 41.8 Å². The molecule has 0 aliphatic heterocycles. The van der Waals surface area contributed by atoms with E-state index in [-0.39, 0.29) is 23.4 Å². The molecule has 0 aliphatic carbocycles. The van der Waals surface area contributed by atoms with Gasteiger partial charge >= 0.3 is 0 Å². The van der Waals surface area contributed by atoms with E-state index in [1.807, 2.05) is 46.6 Å². The minimum atomic E-state index is -0.506. The number of nitrogens with zero attached hydrogens (tertiary/aromatic N) is 1. The largest absolute Gasteiger partial charge is 0.346 e. The number of rotatable bonds is 5. The molecule has 3 nitrogen and oxygen atoms in total. The Balaban J connectivity index is 1.75. The monoisotopic (exact) mass is 348 g/mol. The quantitative estimate of drug-likeness (QED) is 0.694. The summed E-state index contributed by atoms with van der Waals surface area (Å²) < 4.78 is 15.2. The Bertz CT molecular complexity index is 753. The first-order valence-corrected chi connectivity index (χ1v) is 8.30. The van der Waals surface area contributed by atoms with Crippen LogP contribution < -0.4 is 5.32 Å². The van der Waals surface area contributed by atoms with Crippen molar-refractivity contribution in [2.45, 2.75) is 12.5 Å². The standard InChI is InChI=1S/C17H14ClFN2OS/c18-13-10-12(5-6-14(13)19)20-17(22)11-15(16-4-3-9-23-16)21-7-1-2-8-21/h1-10,15H,11H2,(H,20,22)/t15-/m1/s1. The van der Waals surface area contributed by atoms with Gasteiger partial charge in [-0.2, -0.15) is 0 Å². The third kappa shape index (κ3) is 3.81. The molecule has 6 heteroatoms. The van der Waals surface area contributed by atoms with E-state index < -0.39 is 5.82 Å². The number of hydrogen-bond acceptors (Lipinski definition) is 2. The van der Waals surface area contributed by atoms with Crippen LogP contribution in [0.5, 0.6) is 0 Å². The number of anilines is 1. The second-order valence-corrected chi connectivity index (χ2v) is 6.43. The Morgan fingerprint density at radius 2 is 2.04 bits per heavy atom. The Kier molecular flexibility index (Phi) is 4.79. The Morgan fingerprint density at radius 1 is 1.26 bits per heavy atom. The first-order valence-electron chi connectivity index (χ1n) is 7.04. The van der Waals surface area contributed by atoms with Gasteiger partial charge in [0.1, 0.15) is 5.82 Å². The molecule has 3 aromatic rings. The van der Waals surface area contributed by atoms with Gasteiger partial charge in [-0.1, -0.05) is 17.7 Å². The summed E-state index contributed by atoms with van der Waals surface area (Å²) in [6.45, 7) is 0. The summed E-state index contributed by atoms with van der Waals surface area (Å²) in [6.07, 6.45) is 4.16. The maximum Gasteiger partial charge on any atom is 0.226 e. The minimum Gasteiger partial charge on any atom is -0.346 e. The van der Waals surface area contributed by atoms with Crippen LogP contribution in [-0.2, 0) is 4.79 Å². The third-order valence-corrected chi connectivity index (χ3v) is 4.70. The molecule has 1 atom stereocenters. The lowest BCUT2D eigenvalue weighted by Crippen LogP contribution is -2.19. The predicted octanol–water partition coefficient (Wildman–Crippen LogP) is 4.96. The van der Waals surface area contributed by atoms with Gasteiger partial charge in [0.2, 0.25) is 5.91 Å². The van der Waals surface area contributed by atoms with Gasteiger partial charge in [0.05, 0.1) is 17.5 Å². The zero-order valence-electron chi connectivity index (χ0n) is 12.1. The fourth-order valence-corrected chi connectivity index (χ4v) is 3.37. The summed E-state index contributed by atoms with van der Waals surface area (Å²) in [7, 11) is 0. The van der Waals surface area contributed by atoms with Crippen LogP contribution in [0.1, 0.15) is 17.3 Å². The minimum absolute atomic E-state index is 0.0111. The lowest BCUT2D eigenvalue weighted by Gasteiger charge is -2.17. The molecule has 3 rings (SSSR count). The predicted molar refractivity (Wildman–Crippen MR) is 91.5 cm³/mol. The maximum atomic E-state index is 13.2. The van der Waals surface area contributed by atoms with E-state index in [2.05, 4.69) is 5.32 Å². The van der Waals surface area contributed by atoms with Crippen molar-refractivity contribution in [3.05, 3.63) is 76.0 Å². The van der Waals surface area contributed by atoms with Crippen LogP contribution >= 0.6 is 22.9 Å². The summed E-state index contributed by atoms with van der Waals surface area (Å²) in [6, 6.07) is 11.9. The average molecular weight is 349 g/mol. The van der Waals surface area contributed by atoms with Crippen LogP contribution in [0, 0.1) is 5.82 Å². The Labute approximate surface area is 142 Å². The molecule has 0 fully saturated rings. The van der Waals surface area contributed by atoms with Gasteiger partial charge in [-0.3, -0.25) is 4.79 Å². The molecule has 0 saturated heterocycles. The molecule has 0 saturated carbocycles. The number of hydrogen-bond donors (Lipinski definition) is 1. The first-order chi connectivity index (χ1) is 11.1. The van der Waals surface area contributed by atoms with Crippen molar-refractivity contribution in [1.29, 1.82) is 0 Å². The van der Waals surface area contributed by atoms with Crippen LogP contribution in [0.3, 0.4) is 0 Å². The SMILES string of the molecule is O=C(C[C@H](c1cccs1)n1cccc1)Nc1ccc(F)c(Cl)c1. The topological polar surface area (TPSA) is 34.0 Å². The van der Waals surface area contributed by atoms with Crippen molar-refractivity contribution in [1.82, 2.24) is 4.57 Å². The van der Waals surface area contributed by atoms with Crippen LogP contribution in [0.25, 0.3) is 0 Å². The van der Waals surface area contributed by atoms with Crippen LogP contribution in [0.2, 0.25) is 5.02 Å². The van der Waals surface area contributed by atoms with Gasteiger partial charge in [-0.25, -0.2) is 4.39 Å². The number of carbonyl (C=O) groups is 1. The smallest absolute Gasteiger partial charge is 0.226 e. The van der Waals surface area contributed by atoms with Crippen molar-refractivity contribution in [3.8, 4) is 0 Å². The fraction of sp³-hybridized carbons (Fsp3) is 0.118. The molecular weight excluding hydrogens is 335 g/mol. The number of carbonyl (C=O) groups excluding carboxylic acids is 1. The van der Waals surface area contributed by atoms with E-state index >= 15 is 0 Å². The molecule has 2 heterocycles. The Hall–Kier alpha value is -2.11. The molecule has 0 aliphatic rings. The number of aromatic nitrogens is 1. The van der Waals surface area contributed by atoms with Gasteiger partial charge in [0.15, 0.2) is 0 Å². The van der Waals surface area contributed by atoms with Crippen molar-refractivity contribution in [3.63, 3.8) is 0 Å². The van der Waals surface area contributed by atoms with Gasteiger partial charge in [-0.15, -0.1) is 11.3 Å². The van der Waals surface area contributed by atoms with Crippen molar-refractivity contribution in [2.75, 3.05) is 5.32 Å². The summed E-state index contributed by atoms with van der Waals surface area (Å²) >= 11 is 7.35. The zero-order chi connectivity index (χ0) is 16.2. The highest BCUT2D eigenvalue weighted by Crippen LogP contribution is 2.27. The summed E-state index contributed by atoms with van der Waals surface area (Å²) in [5.74, 6) is -0.659. The van der Waals surface area contributed by atoms with Crippen LogP contribution in [-0.4, -0.2) is 10.5 Å². The number of benzene rings is 1. The van der Waals surface area contributed by atoms with E-state index in [0.29, 0.717) is 5.69 Å². The molecule has 1 N–H and O–H groups in total. The molecule has 1 aromatic carbocycles. The van der Waals surface area contributed by atoms with Crippen molar-refractivity contribution in [2.24, 2.45) is 0 Å². The molecule has 118 valence electrons. The Morgan fingerprint density at radius 3 is 2.70 bits per heavy atom. The zero-order valence-corrected chi connectivity index (χ0v) is 13.7. The number of nitrogens with one attached hydrogen (secondary N) is 1. The van der Waals surface area contributed by atoms with Crippen LogP contribution in [0.4, 0.5) is 10.1 Å². The summed E-state index contributed by atoms with van der Waals surface area (Å²) in [5, 5.41) is 4.74. The van der Waals surface area contributed by atoms with Crippen molar-refractivity contribution < 1.29 is 9.18 Å². The highest BCUT2D eigenvalue weighted by Gasteiger charge is 2.18. The molecule has 23 heavy (non-hydrogen) atoms. The van der Waals surface area contributed by atoms with E-state index in [9.17, 15) is 9.18 Å². The molecule has 1 amide bonds. The highest BCUT2D eigenvalue weighted by atomic mass is 35.5. The van der Waals surface area contributed by atoms with E-state index in [1.165, 1.54) is 18.2 Å². The lowest BCUT2D eigenvalue weighted by atomic mass is 10.1. The highest BCUT2D eigenvalue weighted by molar-refractivity contribution is 7.10. The second-order valence-electron chi connectivity index (χ2n) is 5.04. The van der Waals surface area contributed by atoms with E-state index in [0.717, 1.165) is 4.88 Å². The second kappa shape index (κ2) is 6.98. The van der Waals surface area contributed by atoms with Gasteiger partial charge in [0.25, 0.3) is 0 Å². The van der Waals surface area contributed by atoms with Crippen LogP contribution in [0.15, 0.2) is 60.2 Å². The van der Waals surface area contributed by atoms with Gasteiger partial charge in [0, 0.05) is 23.0 Å². The molecule has 0 radical (unpaired) electrons. The van der Waals surface area contributed by atoms with Gasteiger partial charge < -0.3 is 9.88 Å². The summed E-state index contributed by atoms with van der Waals surface area (Å²) in [5.41, 5.74) is 0.485. The van der Waals surface area contributed by atoms with Crippen molar-refractivity contribution >= 4 is 34.5 Å². The lowest BCUT2D eigenvalue weighted by molar-refractivity contribution is -0.116. The number of thiophene rings is 1. The fourth-order valence-electron chi connectivity index (χ4n) is 2.35. The maximum absolute atomic E-state index is 13.2. The van der Waals surface area contributed by atoms with E-state index in [1.54, 1.807) is 11.3 Å². The average Bonchev–Trinajstić information content (AvgIpc) is 3.21. The molecule has 0 spiro atoms. The molecule has 0 unspecified atom stereocenters. The molecular formula is C17H14ClFN2OS. The molecule has 0 bridgehead atoms. The number of halogens is 2. The normalized spacial score (nSPS) is 12.1. The molecule has 2 aromatic heterocycles. The number of amides is 1. The third-order valence-electron chi connectivity index (χ3n) is 3.44. The van der Waals surface area contributed by atoms with E-state index in [4.69, 9.17) is 11.6 Å².